The molecule has 2 heterocycles. The minimum atomic E-state index is -4.66. The summed E-state index contributed by atoms with van der Waals surface area (Å²) < 4.78 is 52.1. The first-order chi connectivity index (χ1) is 18.0. The van der Waals surface area contributed by atoms with Gasteiger partial charge in [0, 0.05) is 11.4 Å². The van der Waals surface area contributed by atoms with Gasteiger partial charge in [-0.15, -0.1) is 5.10 Å². The first-order valence-electron chi connectivity index (χ1n) is 11.0. The molecule has 0 fully saturated rings. The molecule has 2 aromatic carbocycles. The molecule has 3 aromatic rings. The summed E-state index contributed by atoms with van der Waals surface area (Å²) in [6, 6.07) is 11.2. The maximum Gasteiger partial charge on any atom is 0.416 e. The lowest BCUT2D eigenvalue weighted by Crippen LogP contribution is -2.38. The number of carbonyl (C=O) groups is 2. The van der Waals surface area contributed by atoms with Gasteiger partial charge in [-0.3, -0.25) is 9.69 Å². The number of nitriles is 1. The smallest absolute Gasteiger partial charge is 0.416 e. The maximum absolute atomic E-state index is 13.6. The van der Waals surface area contributed by atoms with Crippen molar-refractivity contribution in [3.63, 3.8) is 0 Å². The average molecular weight is 527 g/mol. The zero-order valence-corrected chi connectivity index (χ0v) is 20.3. The van der Waals surface area contributed by atoms with Crippen molar-refractivity contribution in [2.75, 3.05) is 19.1 Å². The molecule has 38 heavy (non-hydrogen) atoms. The number of esters is 2. The van der Waals surface area contributed by atoms with Crippen LogP contribution in [0.2, 0.25) is 0 Å². The van der Waals surface area contributed by atoms with E-state index in [2.05, 4.69) is 9.84 Å². The number of ether oxygens (including phenoxy) is 2. The number of methoxy groups -OCH3 is 2. The van der Waals surface area contributed by atoms with Crippen molar-refractivity contribution in [1.82, 2.24) is 14.3 Å². The van der Waals surface area contributed by atoms with E-state index in [1.165, 1.54) is 48.2 Å². The Morgan fingerprint density at radius 3 is 2.37 bits per heavy atom. The molecule has 10 nitrogen and oxygen atoms in total. The zero-order chi connectivity index (χ0) is 27.8. The molecular weight excluding hydrogens is 507 g/mol. The van der Waals surface area contributed by atoms with Crippen LogP contribution >= 0.6 is 0 Å². The lowest BCUT2D eigenvalue weighted by atomic mass is 9.93. The van der Waals surface area contributed by atoms with Crippen molar-refractivity contribution in [3.05, 3.63) is 87.0 Å². The number of fused-ring (bicyclic) bond motifs is 1. The molecule has 0 amide bonds. The van der Waals surface area contributed by atoms with Gasteiger partial charge in [-0.25, -0.2) is 14.2 Å². The highest BCUT2D eigenvalue weighted by molar-refractivity contribution is 5.93. The predicted molar refractivity (Wildman–Crippen MR) is 126 cm³/mol. The van der Waals surface area contributed by atoms with Gasteiger partial charge >= 0.3 is 23.8 Å². The molecule has 0 radical (unpaired) electrons. The van der Waals surface area contributed by atoms with Crippen molar-refractivity contribution in [2.45, 2.75) is 25.7 Å². The standard InChI is InChI=1S/C25H20F3N5O5/c1-14-20(22(35)38-3)21(16-9-7-15(12-29)8-10-16)33-23(30-31(24(33)36)13-19(34)37-2)32(14)18-6-4-5-17(11-18)25(26,27)28/h4-11,21H,13H2,1-3H3/t21-/m1/s1. The number of nitrogens with zero attached hydrogens (tertiary/aromatic N) is 5. The molecule has 4 rings (SSSR count). The van der Waals surface area contributed by atoms with Gasteiger partial charge in [-0.1, -0.05) is 18.2 Å². The van der Waals surface area contributed by atoms with Crippen LogP contribution in [-0.4, -0.2) is 40.5 Å². The van der Waals surface area contributed by atoms with E-state index in [-0.39, 0.29) is 22.9 Å². The van der Waals surface area contributed by atoms with E-state index in [1.807, 2.05) is 6.07 Å². The fraction of sp³-hybridized carbons (Fsp3) is 0.240. The van der Waals surface area contributed by atoms with E-state index in [4.69, 9.17) is 4.74 Å². The van der Waals surface area contributed by atoms with Crippen molar-refractivity contribution in [3.8, 4) is 6.07 Å². The van der Waals surface area contributed by atoms with Gasteiger partial charge in [0.1, 0.15) is 12.6 Å². The Morgan fingerprint density at radius 2 is 1.79 bits per heavy atom. The van der Waals surface area contributed by atoms with E-state index < -0.39 is 42.0 Å². The minimum absolute atomic E-state index is 0.0338. The number of anilines is 2. The van der Waals surface area contributed by atoms with E-state index >= 15 is 0 Å². The van der Waals surface area contributed by atoms with Crippen LogP contribution in [0.3, 0.4) is 0 Å². The maximum atomic E-state index is 13.6. The van der Waals surface area contributed by atoms with Gasteiger partial charge in [-0.05, 0) is 42.8 Å². The molecule has 13 heteroatoms. The van der Waals surface area contributed by atoms with Gasteiger partial charge in [-0.2, -0.15) is 23.1 Å². The summed E-state index contributed by atoms with van der Waals surface area (Å²) in [5.74, 6) is -1.77. The summed E-state index contributed by atoms with van der Waals surface area (Å²) in [5, 5.41) is 13.4. The molecule has 196 valence electrons. The quantitative estimate of drug-likeness (QED) is 0.464. The number of halogens is 3. The van der Waals surface area contributed by atoms with Crippen LogP contribution in [0.1, 0.15) is 29.7 Å². The Hall–Kier alpha value is -4.86. The molecule has 0 saturated carbocycles. The van der Waals surface area contributed by atoms with Crippen LogP contribution in [0.15, 0.2) is 64.6 Å². The monoisotopic (exact) mass is 527 g/mol. The van der Waals surface area contributed by atoms with E-state index in [0.29, 0.717) is 11.1 Å². The highest BCUT2D eigenvalue weighted by Gasteiger charge is 2.41. The van der Waals surface area contributed by atoms with Crippen LogP contribution in [0, 0.1) is 11.3 Å². The summed E-state index contributed by atoms with van der Waals surface area (Å²) in [7, 11) is 2.25. The molecule has 1 atom stereocenters. The molecule has 0 aliphatic carbocycles. The Balaban J connectivity index is 2.05. The van der Waals surface area contributed by atoms with Gasteiger partial charge in [0.15, 0.2) is 0 Å². The van der Waals surface area contributed by atoms with Crippen molar-refractivity contribution in [1.29, 1.82) is 5.26 Å². The van der Waals surface area contributed by atoms with Gasteiger partial charge in [0.2, 0.25) is 5.95 Å². The number of aromatic nitrogens is 3. The summed E-state index contributed by atoms with van der Waals surface area (Å²) in [4.78, 5) is 39.8. The second-order valence-electron chi connectivity index (χ2n) is 8.20. The molecule has 1 aliphatic heterocycles. The van der Waals surface area contributed by atoms with Crippen LogP contribution < -0.4 is 10.6 Å². The highest BCUT2D eigenvalue weighted by atomic mass is 19.4. The molecule has 1 aromatic heterocycles. The van der Waals surface area contributed by atoms with Gasteiger partial charge in [0.25, 0.3) is 0 Å². The zero-order valence-electron chi connectivity index (χ0n) is 20.3. The van der Waals surface area contributed by atoms with Crippen molar-refractivity contribution < 1.29 is 32.2 Å². The number of alkyl halides is 3. The third-order valence-electron chi connectivity index (χ3n) is 6.01. The van der Waals surface area contributed by atoms with Gasteiger partial charge in [0.05, 0.1) is 37.0 Å². The third-order valence-corrected chi connectivity index (χ3v) is 6.01. The average Bonchev–Trinajstić information content (AvgIpc) is 3.21. The topological polar surface area (TPSA) is 119 Å². The third kappa shape index (κ3) is 4.52. The highest BCUT2D eigenvalue weighted by Crippen LogP contribution is 2.43. The normalized spacial score (nSPS) is 15.1. The second kappa shape index (κ2) is 9.89. The number of allylic oxidation sites excluding steroid dienone is 1. The Bertz CT molecular complexity index is 1550. The number of rotatable bonds is 5. The number of hydrogen-bond donors (Lipinski definition) is 0. The van der Waals surface area contributed by atoms with Crippen molar-refractivity contribution >= 4 is 23.6 Å². The molecular formula is C25H20F3N5O5. The van der Waals surface area contributed by atoms with Crippen molar-refractivity contribution in [2.24, 2.45) is 0 Å². The first-order valence-corrected chi connectivity index (χ1v) is 11.0. The summed E-state index contributed by atoms with van der Waals surface area (Å²) in [5.41, 5.74) is -1.01. The molecule has 0 spiro atoms. The molecule has 0 N–H and O–H groups in total. The molecule has 0 bridgehead atoms. The SMILES string of the molecule is COC(=O)Cn1nc2n(c1=O)[C@H](c1ccc(C#N)cc1)C(C(=O)OC)=C(C)N2c1cccc(C(F)(F)F)c1. The lowest BCUT2D eigenvalue weighted by molar-refractivity contribution is -0.141. The van der Waals surface area contributed by atoms with E-state index in [9.17, 15) is 32.8 Å². The Labute approximate surface area is 213 Å². The fourth-order valence-electron chi connectivity index (χ4n) is 4.23. The summed E-state index contributed by atoms with van der Waals surface area (Å²) in [6.45, 7) is 0.898. The molecule has 0 unspecified atom stereocenters. The predicted octanol–water partition coefficient (Wildman–Crippen LogP) is 3.30. The largest absolute Gasteiger partial charge is 0.468 e. The van der Waals surface area contributed by atoms with Crippen LogP contribution in [0.25, 0.3) is 0 Å². The minimum Gasteiger partial charge on any atom is -0.468 e. The summed E-state index contributed by atoms with van der Waals surface area (Å²) in [6.07, 6.45) is -4.66. The summed E-state index contributed by atoms with van der Waals surface area (Å²) >= 11 is 0. The first kappa shape index (κ1) is 26.2. The number of benzene rings is 2. The Morgan fingerprint density at radius 1 is 1.11 bits per heavy atom. The van der Waals surface area contributed by atoms with E-state index in [1.54, 1.807) is 0 Å². The number of carbonyl (C=O) groups excluding carboxylic acids is 2. The van der Waals surface area contributed by atoms with Crippen LogP contribution in [0.4, 0.5) is 24.8 Å². The number of hydrogen-bond acceptors (Lipinski definition) is 8. The Kier molecular flexibility index (Phi) is 6.82. The molecule has 0 saturated heterocycles. The fourth-order valence-corrected chi connectivity index (χ4v) is 4.23. The van der Waals surface area contributed by atoms with E-state index in [0.717, 1.165) is 35.6 Å². The molecule has 1 aliphatic rings. The van der Waals surface area contributed by atoms with Gasteiger partial charge < -0.3 is 9.47 Å². The van der Waals surface area contributed by atoms with Crippen LogP contribution in [-0.2, 0) is 31.8 Å². The van der Waals surface area contributed by atoms with Crippen LogP contribution in [0.5, 0.6) is 0 Å². The second-order valence-corrected chi connectivity index (χ2v) is 8.20. The lowest BCUT2D eigenvalue weighted by Gasteiger charge is -2.35.